The van der Waals surface area contributed by atoms with Gasteiger partial charge in [-0.25, -0.2) is 0 Å². The molecule has 0 atom stereocenters. The van der Waals surface area contributed by atoms with E-state index < -0.39 is 56.1 Å². The van der Waals surface area contributed by atoms with Crippen molar-refractivity contribution in [1.82, 2.24) is 0 Å². The third-order valence-corrected chi connectivity index (χ3v) is 76.1. The molecule has 0 bridgehead atoms. The Labute approximate surface area is 520 Å². The summed E-state index contributed by atoms with van der Waals surface area (Å²) < 4.78 is 0. The van der Waals surface area contributed by atoms with E-state index >= 15 is 0 Å². The molecule has 0 spiro atoms. The summed E-state index contributed by atoms with van der Waals surface area (Å²) in [5.74, 6) is 5.44. The molecule has 4 rings (SSSR count). The van der Waals surface area contributed by atoms with Crippen LogP contribution in [0.15, 0.2) is 141 Å². The molecule has 75 heavy (non-hydrogen) atoms. The molecule has 0 radical (unpaired) electrons. The van der Waals surface area contributed by atoms with Crippen LogP contribution < -0.4 is 39.1 Å². The molecule has 4 aromatic rings. The van der Waals surface area contributed by atoms with Crippen LogP contribution in [0, 0.1) is 0 Å². The van der Waals surface area contributed by atoms with Gasteiger partial charge in [-0.2, -0.15) is 0 Å². The van der Waals surface area contributed by atoms with Gasteiger partial charge in [-0.3, -0.25) is 33.4 Å². The zero-order chi connectivity index (χ0) is 55.6. The van der Waals surface area contributed by atoms with Gasteiger partial charge in [0.2, 0.25) is 0 Å². The Morgan fingerprint density at radius 3 is 0.453 bits per heavy atom. The van der Waals surface area contributed by atoms with Gasteiger partial charge in [0.1, 0.15) is 0 Å². The Hall–Kier alpha value is 3.14. The zero-order valence-corrected chi connectivity index (χ0v) is 62.5. The molecule has 4 aromatic carbocycles. The van der Waals surface area contributed by atoms with Crippen LogP contribution in [-0.2, 0) is 146 Å². The molecule has 0 amide bonds. The average molecular weight is 1510 g/mol. The van der Waals surface area contributed by atoms with Crippen LogP contribution in [0.3, 0.4) is 0 Å². The molecule has 0 fully saturated rings. The van der Waals surface area contributed by atoms with Crippen molar-refractivity contribution >= 4 is 105 Å². The first-order valence-electron chi connectivity index (χ1n) is 25.0. The Morgan fingerprint density at radius 2 is 0.373 bits per heavy atom. The van der Waals surface area contributed by atoms with E-state index in [0.717, 1.165) is 70.9 Å². The van der Waals surface area contributed by atoms with Crippen LogP contribution in [0.25, 0.3) is 0 Å². The van der Waals surface area contributed by atoms with Gasteiger partial charge < -0.3 is 111 Å². The van der Waals surface area contributed by atoms with Crippen LogP contribution in [0.4, 0.5) is 0 Å². The van der Waals surface area contributed by atoms with Crippen LogP contribution in [0.1, 0.15) is 107 Å². The molecule has 0 N–H and O–H groups in total. The fourth-order valence-corrected chi connectivity index (χ4v) is 51.0. The van der Waals surface area contributed by atoms with Crippen molar-refractivity contribution in [2.75, 3.05) is 71.0 Å². The number of hydrogen-bond donors (Lipinski definition) is 0. The molecule has 0 saturated carbocycles. The zero-order valence-electron chi connectivity index (χ0n) is 46.4. The molecule has 0 saturated heterocycles. The predicted molar refractivity (Wildman–Crippen MR) is 330 cm³/mol. The molecule has 8 nitrogen and oxygen atoms in total. The van der Waals surface area contributed by atoms with Crippen LogP contribution in [-0.4, -0.2) is 71.0 Å². The monoisotopic (exact) mass is 1510 g/mol. The second kappa shape index (κ2) is 33.7. The summed E-state index contributed by atoms with van der Waals surface area (Å²) in [4.78, 5) is 103. The first kappa shape index (κ1) is 82.4. The maximum Gasteiger partial charge on any atom is 4.00 e. The summed E-state index contributed by atoms with van der Waals surface area (Å²) >= 11 is 20.0. The molecule has 0 unspecified atom stereocenters. The maximum atomic E-state index is 12.4. The van der Waals surface area contributed by atoms with Gasteiger partial charge >= 0.3 is 63.2 Å². The van der Waals surface area contributed by atoms with Crippen molar-refractivity contribution in [3.63, 3.8) is 0 Å². The van der Waals surface area contributed by atoms with Crippen LogP contribution in [0.5, 0.6) is 0 Å². The van der Waals surface area contributed by atoms with Crippen molar-refractivity contribution in [1.29, 1.82) is 0 Å². The van der Waals surface area contributed by atoms with Gasteiger partial charge in [0, 0.05) is 0 Å². The summed E-state index contributed by atoms with van der Waals surface area (Å²) in [7, 11) is -11.0. The number of benzene rings is 4. The molecule has 23 heteroatoms. The van der Waals surface area contributed by atoms with Crippen molar-refractivity contribution < 1.29 is 102 Å². The van der Waals surface area contributed by atoms with Gasteiger partial charge in [-0.05, 0) is 142 Å². The largest absolute Gasteiger partial charge is 4.00 e. The van der Waals surface area contributed by atoms with E-state index in [2.05, 4.69) is 0 Å². The van der Waals surface area contributed by atoms with Crippen molar-refractivity contribution in [3.05, 3.63) is 121 Å². The molecule has 0 aromatic heterocycles. The Balaban J connectivity index is -0.000000909. The Kier molecular flexibility index (Phi) is 37.0. The number of rotatable bonds is 20. The fraction of sp³-hybridized carbons (Fsp3) is 0.538. The third kappa shape index (κ3) is 18.1. The van der Waals surface area contributed by atoms with Gasteiger partial charge in [0.15, 0.2) is 0 Å². The van der Waals surface area contributed by atoms with Gasteiger partial charge in [-0.15, -0.1) is 0 Å². The first-order chi connectivity index (χ1) is 33.2. The van der Waals surface area contributed by atoms with E-state index in [-0.39, 0.29) is 63.2 Å². The average Bonchev–Trinajstić information content (AvgIpc) is 3.30. The minimum absolute atomic E-state index is 0. The Bertz CT molecular complexity index is 2280. The van der Waals surface area contributed by atoms with Crippen LogP contribution in [0.2, 0.25) is 0 Å². The first-order valence-corrected chi connectivity index (χ1v) is 49.1. The maximum absolute atomic E-state index is 12.4. The van der Waals surface area contributed by atoms with E-state index in [9.17, 15) is 39.1 Å². The molecule has 0 aliphatic heterocycles. The van der Waals surface area contributed by atoms with E-state index in [0.29, 0.717) is 46.0 Å². The van der Waals surface area contributed by atoms with Crippen LogP contribution >= 0.6 is 22.8 Å². The fourth-order valence-electron chi connectivity index (χ4n) is 10.3. The second-order valence-corrected chi connectivity index (χ2v) is 70.2. The van der Waals surface area contributed by atoms with Gasteiger partial charge in [-0.1, -0.05) is 177 Å². The summed E-state index contributed by atoms with van der Waals surface area (Å²) in [6.07, 6.45) is 14.5. The van der Waals surface area contributed by atoms with Crippen molar-refractivity contribution in [3.8, 4) is 0 Å². The molecule has 0 heterocycles. The quantitative estimate of drug-likeness (QED) is 0.0468. The normalized spacial score (nSPS) is 14.5. The van der Waals surface area contributed by atoms with E-state index in [1.54, 1.807) is 0 Å². The minimum Gasteiger partial charge on any atom is -0.854 e. The van der Waals surface area contributed by atoms with E-state index in [4.69, 9.17) is 49.0 Å². The standard InChI is InChI=1S/4C13H22O2PS2.3Mo/c4*1-4-11-18(3,12-5-2,16(14,15)17)13-9-7-6-8-10-13;;;/h4*6-10H,4-5,11-12H2,1-3H3;;;/q4*-3;3*+4. The van der Waals surface area contributed by atoms with E-state index in [1.807, 2.05) is 202 Å². The van der Waals surface area contributed by atoms with Crippen molar-refractivity contribution in [2.24, 2.45) is 0 Å². The second-order valence-electron chi connectivity index (χ2n) is 19.9. The summed E-state index contributed by atoms with van der Waals surface area (Å²) in [6, 6.07) is 38.4. The summed E-state index contributed by atoms with van der Waals surface area (Å²) in [5.41, 5.74) is -15.3. The van der Waals surface area contributed by atoms with Gasteiger partial charge in [0.05, 0.1) is 0 Å². The number of hydrogen-bond acceptors (Lipinski definition) is 12. The third-order valence-electron chi connectivity index (χ3n) is 14.2. The summed E-state index contributed by atoms with van der Waals surface area (Å²) in [6.45, 7) is 16.2. The van der Waals surface area contributed by atoms with Crippen molar-refractivity contribution in [2.45, 2.75) is 126 Å². The van der Waals surface area contributed by atoms with E-state index in [1.165, 1.54) is 0 Å². The van der Waals surface area contributed by atoms with Gasteiger partial charge in [0.25, 0.3) is 0 Å². The predicted octanol–water partition coefficient (Wildman–Crippen LogP) is 8.51. The summed E-state index contributed by atoms with van der Waals surface area (Å²) in [5, 5.41) is 0. The smallest absolute Gasteiger partial charge is 0.854 e. The molecular formula is C52H88Mo3O8P4S8. The SMILES string of the molecule is CCCS(C)(CCC)(c1ccccc1)=P([O-])([O-])[S-].CCCS(C)(CCC)(c1ccccc1)=P([O-])([O-])[S-].CCCS(C)(CCC)(c1ccccc1)=P([O-])([O-])[S-].CCCS(C)(CCC)(c1ccccc1)=P([O-])([O-])[S-].[Mo+4].[Mo+4].[Mo+4]. The molecular weight excluding hydrogens is 1420 g/mol. The topological polar surface area (TPSA) is 184 Å². The molecule has 430 valence electrons. The molecule has 0 aliphatic rings. The molecule has 0 aliphatic carbocycles. The minimum atomic E-state index is -3.83. The Morgan fingerprint density at radius 1 is 0.267 bits per heavy atom.